The summed E-state index contributed by atoms with van der Waals surface area (Å²) in [7, 11) is 0. The van der Waals surface area contributed by atoms with Gasteiger partial charge in [-0.25, -0.2) is 0 Å². The van der Waals surface area contributed by atoms with Crippen LogP contribution in [0.4, 0.5) is 0 Å². The van der Waals surface area contributed by atoms with Gasteiger partial charge in [0.2, 0.25) is 5.91 Å². The topological polar surface area (TPSA) is 64.4 Å². The van der Waals surface area contributed by atoms with Crippen molar-refractivity contribution in [2.45, 2.75) is 52.8 Å². The highest BCUT2D eigenvalue weighted by Gasteiger charge is 2.15. The highest BCUT2D eigenvalue weighted by molar-refractivity contribution is 5.85. The van der Waals surface area contributed by atoms with E-state index in [0.29, 0.717) is 6.54 Å². The van der Waals surface area contributed by atoms with Gasteiger partial charge in [-0.15, -0.1) is 12.4 Å². The third kappa shape index (κ3) is 6.26. The molecule has 1 rings (SSSR count). The maximum absolute atomic E-state index is 11.5. The second kappa shape index (κ2) is 7.50. The summed E-state index contributed by atoms with van der Waals surface area (Å²) < 4.78 is 5.92. The smallest absolute Gasteiger partial charge is 0.236 e. The van der Waals surface area contributed by atoms with Crippen LogP contribution in [0.25, 0.3) is 0 Å². The Kier molecular flexibility index (Phi) is 7.03. The van der Waals surface area contributed by atoms with Crippen LogP contribution < -0.4 is 15.8 Å². The third-order valence-corrected chi connectivity index (χ3v) is 2.51. The lowest BCUT2D eigenvalue weighted by atomic mass is 10.1. The molecular formula is C15H25ClN2O2. The zero-order chi connectivity index (χ0) is 14.6. The van der Waals surface area contributed by atoms with Crippen molar-refractivity contribution >= 4 is 18.3 Å². The normalized spacial score (nSPS) is 12.3. The molecule has 0 fully saturated rings. The maximum atomic E-state index is 11.5. The molecule has 0 saturated heterocycles. The number of ether oxygens (including phenoxy) is 1. The minimum atomic E-state index is -0.502. The first kappa shape index (κ1) is 18.7. The van der Waals surface area contributed by atoms with Gasteiger partial charge in [-0.2, -0.15) is 0 Å². The van der Waals surface area contributed by atoms with Gasteiger partial charge in [0.1, 0.15) is 11.4 Å². The van der Waals surface area contributed by atoms with Crippen LogP contribution in [0.15, 0.2) is 18.2 Å². The molecule has 1 atom stereocenters. The molecule has 0 aliphatic carbocycles. The van der Waals surface area contributed by atoms with Crippen molar-refractivity contribution in [3.63, 3.8) is 0 Å². The van der Waals surface area contributed by atoms with Crippen LogP contribution in [-0.4, -0.2) is 17.6 Å². The summed E-state index contributed by atoms with van der Waals surface area (Å²) in [6, 6.07) is 5.46. The number of benzene rings is 1. The van der Waals surface area contributed by atoms with Crippen LogP contribution in [0.5, 0.6) is 5.75 Å². The number of nitrogens with two attached hydrogens (primary N) is 1. The van der Waals surface area contributed by atoms with Gasteiger partial charge in [-0.3, -0.25) is 4.79 Å². The van der Waals surface area contributed by atoms with E-state index in [1.54, 1.807) is 6.92 Å². The number of amides is 1. The minimum Gasteiger partial charge on any atom is -0.488 e. The predicted octanol–water partition coefficient (Wildman–Crippen LogP) is 2.56. The molecule has 0 aliphatic rings. The Balaban J connectivity index is 0.00000361. The summed E-state index contributed by atoms with van der Waals surface area (Å²) in [6.07, 6.45) is 0. The number of rotatable bonds is 4. The second-order valence-corrected chi connectivity index (χ2v) is 5.83. The zero-order valence-corrected chi connectivity index (χ0v) is 13.6. The summed E-state index contributed by atoms with van der Waals surface area (Å²) in [4.78, 5) is 11.5. The van der Waals surface area contributed by atoms with Gasteiger partial charge in [-0.05, 0) is 46.2 Å². The molecule has 5 heteroatoms. The lowest BCUT2D eigenvalue weighted by Gasteiger charge is -2.24. The van der Waals surface area contributed by atoms with Crippen LogP contribution in [0, 0.1) is 6.92 Å². The first-order chi connectivity index (χ1) is 8.69. The Morgan fingerprint density at radius 3 is 2.50 bits per heavy atom. The molecule has 0 unspecified atom stereocenters. The van der Waals surface area contributed by atoms with Crippen molar-refractivity contribution in [1.82, 2.24) is 5.32 Å². The summed E-state index contributed by atoms with van der Waals surface area (Å²) in [6.45, 7) is 10.1. The van der Waals surface area contributed by atoms with Crippen LogP contribution in [0.1, 0.15) is 38.8 Å². The molecule has 3 N–H and O–H groups in total. The van der Waals surface area contributed by atoms with E-state index in [1.165, 1.54) is 0 Å². The monoisotopic (exact) mass is 300 g/mol. The number of halogens is 1. The van der Waals surface area contributed by atoms with Gasteiger partial charge < -0.3 is 15.8 Å². The minimum absolute atomic E-state index is 0. The Hall–Kier alpha value is -1.26. The Morgan fingerprint density at radius 2 is 2.00 bits per heavy atom. The molecule has 0 aliphatic heterocycles. The largest absolute Gasteiger partial charge is 0.488 e. The van der Waals surface area contributed by atoms with Crippen molar-refractivity contribution in [3.8, 4) is 5.75 Å². The van der Waals surface area contributed by atoms with Crippen molar-refractivity contribution < 1.29 is 9.53 Å². The molecule has 4 nitrogen and oxygen atoms in total. The molecular weight excluding hydrogens is 276 g/mol. The van der Waals surface area contributed by atoms with Gasteiger partial charge in [0.05, 0.1) is 6.04 Å². The van der Waals surface area contributed by atoms with Crippen LogP contribution in [0.2, 0.25) is 0 Å². The summed E-state index contributed by atoms with van der Waals surface area (Å²) in [5.41, 5.74) is 7.33. The van der Waals surface area contributed by atoms with Crippen molar-refractivity contribution in [2.24, 2.45) is 5.73 Å². The highest BCUT2D eigenvalue weighted by atomic mass is 35.5. The lowest BCUT2D eigenvalue weighted by Crippen LogP contribution is -2.38. The molecule has 1 amide bonds. The fourth-order valence-electron chi connectivity index (χ4n) is 1.58. The standard InChI is InChI=1S/C15H24N2O2.ClH/c1-10-6-7-12(9-17-14(18)11(2)16)13(8-10)19-15(3,4)5;/h6-8,11H,9,16H2,1-5H3,(H,17,18);1H/t11-;/m0./s1. The number of carbonyl (C=O) groups excluding carboxylic acids is 1. The van der Waals surface area contributed by atoms with Gasteiger partial charge >= 0.3 is 0 Å². The van der Waals surface area contributed by atoms with E-state index < -0.39 is 6.04 Å². The van der Waals surface area contributed by atoms with E-state index in [0.717, 1.165) is 16.9 Å². The average Bonchev–Trinajstić information content (AvgIpc) is 2.25. The molecule has 0 saturated carbocycles. The maximum Gasteiger partial charge on any atom is 0.236 e. The van der Waals surface area contributed by atoms with E-state index in [1.807, 2.05) is 45.9 Å². The number of carbonyl (C=O) groups is 1. The lowest BCUT2D eigenvalue weighted by molar-refractivity contribution is -0.122. The van der Waals surface area contributed by atoms with E-state index in [4.69, 9.17) is 10.5 Å². The molecule has 0 aromatic heterocycles. The zero-order valence-electron chi connectivity index (χ0n) is 12.8. The first-order valence-electron chi connectivity index (χ1n) is 6.51. The predicted molar refractivity (Wildman–Crippen MR) is 84.3 cm³/mol. The Morgan fingerprint density at radius 1 is 1.40 bits per heavy atom. The molecule has 0 heterocycles. The second-order valence-electron chi connectivity index (χ2n) is 5.83. The molecule has 0 spiro atoms. The first-order valence-corrected chi connectivity index (χ1v) is 6.51. The average molecular weight is 301 g/mol. The van der Waals surface area contributed by atoms with Crippen molar-refractivity contribution in [3.05, 3.63) is 29.3 Å². The summed E-state index contributed by atoms with van der Waals surface area (Å²) >= 11 is 0. The van der Waals surface area contributed by atoms with E-state index in [-0.39, 0.29) is 23.9 Å². The van der Waals surface area contributed by atoms with Crippen LogP contribution in [0.3, 0.4) is 0 Å². The van der Waals surface area contributed by atoms with Crippen LogP contribution in [-0.2, 0) is 11.3 Å². The Bertz CT molecular complexity index is 454. The van der Waals surface area contributed by atoms with Gasteiger partial charge in [0, 0.05) is 12.1 Å². The molecule has 1 aromatic rings. The van der Waals surface area contributed by atoms with E-state index >= 15 is 0 Å². The number of aryl methyl sites for hydroxylation is 1. The SMILES string of the molecule is Cc1ccc(CNC(=O)[C@H](C)N)c(OC(C)(C)C)c1.Cl. The molecule has 0 bridgehead atoms. The van der Waals surface area contributed by atoms with Gasteiger partial charge in [0.25, 0.3) is 0 Å². The van der Waals surface area contributed by atoms with E-state index in [9.17, 15) is 4.79 Å². The fraction of sp³-hybridized carbons (Fsp3) is 0.533. The van der Waals surface area contributed by atoms with Crippen molar-refractivity contribution in [2.75, 3.05) is 0 Å². The number of hydrogen-bond acceptors (Lipinski definition) is 3. The summed E-state index contributed by atoms with van der Waals surface area (Å²) in [5, 5.41) is 2.80. The molecule has 114 valence electrons. The molecule has 1 aromatic carbocycles. The number of nitrogens with one attached hydrogen (secondary N) is 1. The number of hydrogen-bond donors (Lipinski definition) is 2. The van der Waals surface area contributed by atoms with Crippen LogP contribution >= 0.6 is 12.4 Å². The van der Waals surface area contributed by atoms with Gasteiger partial charge in [-0.1, -0.05) is 12.1 Å². The van der Waals surface area contributed by atoms with Gasteiger partial charge in [0.15, 0.2) is 0 Å². The Labute approximate surface area is 127 Å². The third-order valence-electron chi connectivity index (χ3n) is 2.51. The summed E-state index contributed by atoms with van der Waals surface area (Å²) in [5.74, 6) is 0.639. The van der Waals surface area contributed by atoms with E-state index in [2.05, 4.69) is 5.32 Å². The fourth-order valence-corrected chi connectivity index (χ4v) is 1.58. The molecule has 20 heavy (non-hydrogen) atoms. The van der Waals surface area contributed by atoms with Crippen molar-refractivity contribution in [1.29, 1.82) is 0 Å². The molecule has 0 radical (unpaired) electrons. The highest BCUT2D eigenvalue weighted by Crippen LogP contribution is 2.24. The quantitative estimate of drug-likeness (QED) is 0.898.